The van der Waals surface area contributed by atoms with Crippen LogP contribution in [0, 0.1) is 0 Å². The summed E-state index contributed by atoms with van der Waals surface area (Å²) in [7, 11) is 1.45. The zero-order chi connectivity index (χ0) is 42.9. The number of nitrogen functional groups attached to an aromatic ring is 1. The van der Waals surface area contributed by atoms with Crippen LogP contribution in [-0.2, 0) is 58.2 Å². The molecule has 4 aliphatic heterocycles. The Hall–Kier alpha value is -3.92. The molecule has 8 rings (SSSR count). The highest BCUT2D eigenvalue weighted by molar-refractivity contribution is 8.44. The number of thiol groups is 1. The van der Waals surface area contributed by atoms with Gasteiger partial charge in [0.15, 0.2) is 41.3 Å². The SMILES string of the molecule is CN(CCOC(=O)Nc1nc2c(ncn2[C@@H]2OC3COP(O)(=S)O[C@H]4[C@H]5OC[C@]4(COP(=O)(S)O[C@@H]2[C@@H]3F)O[C@H]5n2cnc3c(N)ncnc32)c(=O)[nH]1)C(=O)OC(C)(C)C. The fourth-order valence-corrected chi connectivity index (χ4v) is 9.75. The standard InChI is InChI=1S/C30H38FN11O14P2S2/c1-29(2,3)54-28(45)40(4)5-6-48-27(44)39-26-37-22-16(23(43)38-26)36-12-42(22)24-17-14(31)13(52-24)7-50-57(46,59)56-19-18-25(41-11-35-15-20(32)33-10-34-21(15)41)53-30(19,8-49-18)9-51-58(47,60)55-17/h10-14,17-19,24-25H,5-9H2,1-4H3,(H,46,59)(H,47,60)(H2,32,33,34)(H2,37,38,39,43,44)/t13?,14-,17-,18-,19+,24-,25-,30-,57?,58?/m1/s1. The number of nitrogens with one attached hydrogen (secondary N) is 2. The van der Waals surface area contributed by atoms with E-state index >= 15 is 4.39 Å². The number of H-pyrrole nitrogens is 1. The molecule has 0 spiro atoms. The number of nitrogens with zero attached hydrogens (tertiary/aromatic N) is 8. The van der Waals surface area contributed by atoms with E-state index in [-0.39, 0.29) is 47.9 Å². The second kappa shape index (κ2) is 15.8. The van der Waals surface area contributed by atoms with Crippen LogP contribution in [0.5, 0.6) is 0 Å². The Bertz CT molecular complexity index is 2490. The molecule has 4 aromatic rings. The lowest BCUT2D eigenvalue weighted by Crippen LogP contribution is -2.45. The number of aromatic nitrogens is 8. The van der Waals surface area contributed by atoms with E-state index in [1.807, 2.05) is 0 Å². The van der Waals surface area contributed by atoms with Gasteiger partial charge in [0.2, 0.25) is 5.95 Å². The van der Waals surface area contributed by atoms with E-state index in [0.717, 1.165) is 10.9 Å². The van der Waals surface area contributed by atoms with Gasteiger partial charge in [-0.05, 0) is 32.6 Å². The second-order valence-corrected chi connectivity index (χ2v) is 20.6. The molecule has 4 bridgehead atoms. The average molecular weight is 922 g/mol. The van der Waals surface area contributed by atoms with E-state index in [4.69, 9.17) is 59.3 Å². The number of rotatable bonds is 6. The average Bonchev–Trinajstić information content (AvgIpc) is 3.98. The number of alkyl halides is 1. The van der Waals surface area contributed by atoms with Crippen LogP contribution in [0.2, 0.25) is 0 Å². The molecule has 0 radical (unpaired) electrons. The maximum Gasteiger partial charge on any atom is 0.414 e. The fraction of sp³-hybridized carbons (Fsp3) is 0.600. The monoisotopic (exact) mass is 921 g/mol. The molecule has 30 heteroatoms. The molecule has 326 valence electrons. The van der Waals surface area contributed by atoms with Gasteiger partial charge >= 0.3 is 25.7 Å². The predicted molar refractivity (Wildman–Crippen MR) is 208 cm³/mol. The van der Waals surface area contributed by atoms with Crippen LogP contribution in [0.15, 0.2) is 23.8 Å². The third-order valence-electron chi connectivity index (χ3n) is 9.57. The van der Waals surface area contributed by atoms with E-state index in [9.17, 15) is 23.8 Å². The van der Waals surface area contributed by atoms with Crippen molar-refractivity contribution in [2.24, 2.45) is 0 Å². The van der Waals surface area contributed by atoms with Gasteiger partial charge in [-0.15, -0.1) is 0 Å². The number of ether oxygens (including phenoxy) is 5. The number of nitrogens with two attached hydrogens (primary N) is 1. The molecule has 3 unspecified atom stereocenters. The number of anilines is 2. The van der Waals surface area contributed by atoms with Crippen LogP contribution in [0.25, 0.3) is 22.3 Å². The summed E-state index contributed by atoms with van der Waals surface area (Å²) >= 11 is 9.50. The van der Waals surface area contributed by atoms with Crippen molar-refractivity contribution in [2.75, 3.05) is 51.1 Å². The van der Waals surface area contributed by atoms with E-state index in [2.05, 4.69) is 47.5 Å². The Morgan fingerprint density at radius 3 is 2.62 bits per heavy atom. The number of carbonyl (C=O) groups excluding carboxylic acids is 2. The van der Waals surface area contributed by atoms with Gasteiger partial charge in [0, 0.05) is 7.05 Å². The maximum absolute atomic E-state index is 16.4. The molecule has 8 heterocycles. The molecule has 60 heavy (non-hydrogen) atoms. The minimum Gasteiger partial charge on any atom is -0.447 e. The number of hydrogen-bond acceptors (Lipinski definition) is 20. The highest BCUT2D eigenvalue weighted by Gasteiger charge is 2.65. The summed E-state index contributed by atoms with van der Waals surface area (Å²) in [6.07, 6.45) is -8.25. The summed E-state index contributed by atoms with van der Waals surface area (Å²) in [5.74, 6) is -0.297. The molecule has 4 aromatic heterocycles. The number of hydrogen-bond donors (Lipinski definition) is 5. The number of fused-ring (bicyclic) bond motifs is 4. The summed E-state index contributed by atoms with van der Waals surface area (Å²) in [6.45, 7) is -5.52. The number of aromatic amines is 1. The van der Waals surface area contributed by atoms with Gasteiger partial charge < -0.3 is 43.7 Å². The van der Waals surface area contributed by atoms with Crippen molar-refractivity contribution in [2.45, 2.75) is 75.0 Å². The predicted octanol–water partition coefficient (Wildman–Crippen LogP) is 1.93. The zero-order valence-electron chi connectivity index (χ0n) is 31.8. The molecule has 4 saturated heterocycles. The van der Waals surface area contributed by atoms with Gasteiger partial charge in [0.25, 0.3) is 5.56 Å². The Morgan fingerprint density at radius 2 is 1.87 bits per heavy atom. The van der Waals surface area contributed by atoms with Crippen molar-refractivity contribution < 1.29 is 65.2 Å². The number of imidazole rings is 2. The number of halogens is 1. The summed E-state index contributed by atoms with van der Waals surface area (Å²) in [5, 5.41) is 2.28. The summed E-state index contributed by atoms with van der Waals surface area (Å²) in [6, 6.07) is 0. The lowest BCUT2D eigenvalue weighted by atomic mass is 10.0. The van der Waals surface area contributed by atoms with Crippen LogP contribution >= 0.6 is 25.8 Å². The first-order chi connectivity index (χ1) is 28.2. The second-order valence-electron chi connectivity index (χ2n) is 14.9. The molecule has 0 saturated carbocycles. The Labute approximate surface area is 347 Å². The Morgan fingerprint density at radius 1 is 1.13 bits per heavy atom. The summed E-state index contributed by atoms with van der Waals surface area (Å²) < 4.78 is 84.8. The van der Waals surface area contributed by atoms with Crippen molar-refractivity contribution in [3.05, 3.63) is 29.3 Å². The molecule has 10 atom stereocenters. The first kappa shape index (κ1) is 42.8. The molecular formula is C30H38FN11O14P2S2. The van der Waals surface area contributed by atoms with Crippen molar-refractivity contribution in [1.29, 1.82) is 0 Å². The van der Waals surface area contributed by atoms with Crippen molar-refractivity contribution in [1.82, 2.24) is 43.9 Å². The van der Waals surface area contributed by atoms with E-state index in [1.165, 1.54) is 29.2 Å². The normalized spacial score (nSPS) is 33.1. The topological polar surface area (TPSA) is 303 Å². The fourth-order valence-electron chi connectivity index (χ4n) is 6.82. The van der Waals surface area contributed by atoms with E-state index in [1.54, 1.807) is 20.8 Å². The smallest absolute Gasteiger partial charge is 0.414 e. The van der Waals surface area contributed by atoms with Gasteiger partial charge in [-0.2, -0.15) is 4.98 Å². The number of likely N-dealkylation sites (N-methyl/N-ethyl adjacent to an activating group) is 1. The quantitative estimate of drug-likeness (QED) is 0.136. The zero-order valence-corrected chi connectivity index (χ0v) is 35.3. The Balaban J connectivity index is 1.02. The van der Waals surface area contributed by atoms with Gasteiger partial charge in [0.05, 0.1) is 39.0 Å². The highest BCUT2D eigenvalue weighted by Crippen LogP contribution is 2.61. The Kier molecular flexibility index (Phi) is 11.2. The minimum absolute atomic E-state index is 0.0262. The first-order valence-electron chi connectivity index (χ1n) is 17.9. The molecule has 0 aliphatic carbocycles. The van der Waals surface area contributed by atoms with Crippen LogP contribution in [0.4, 0.5) is 25.7 Å². The summed E-state index contributed by atoms with van der Waals surface area (Å²) in [5.41, 5.74) is 2.87. The molecule has 25 nitrogen and oxygen atoms in total. The molecule has 5 N–H and O–H groups in total. The van der Waals surface area contributed by atoms with E-state index < -0.39 is 105 Å². The van der Waals surface area contributed by atoms with E-state index in [0.29, 0.717) is 0 Å². The van der Waals surface area contributed by atoms with Gasteiger partial charge in [-0.3, -0.25) is 37.8 Å². The van der Waals surface area contributed by atoms with Crippen molar-refractivity contribution in [3.63, 3.8) is 0 Å². The molecule has 0 aromatic carbocycles. The third kappa shape index (κ3) is 8.35. The van der Waals surface area contributed by atoms with Crippen LogP contribution in [0.1, 0.15) is 33.2 Å². The lowest BCUT2D eigenvalue weighted by molar-refractivity contribution is -0.182. The van der Waals surface area contributed by atoms with Crippen LogP contribution in [0.3, 0.4) is 0 Å². The van der Waals surface area contributed by atoms with Crippen LogP contribution in [-0.4, -0.2) is 143 Å². The molecule has 2 amide bonds. The maximum atomic E-state index is 16.4. The molecular weight excluding hydrogens is 883 g/mol. The summed E-state index contributed by atoms with van der Waals surface area (Å²) in [4.78, 5) is 73.5. The van der Waals surface area contributed by atoms with Crippen molar-refractivity contribution >= 4 is 83.9 Å². The van der Waals surface area contributed by atoms with Crippen LogP contribution < -0.4 is 16.6 Å². The minimum atomic E-state index is -4.57. The lowest BCUT2D eigenvalue weighted by Gasteiger charge is -2.33. The van der Waals surface area contributed by atoms with Crippen molar-refractivity contribution in [3.8, 4) is 0 Å². The molecule has 4 aliphatic rings. The first-order valence-corrected chi connectivity index (χ1v) is 23.2. The third-order valence-corrected chi connectivity index (χ3v) is 12.7. The largest absolute Gasteiger partial charge is 0.447 e. The van der Waals surface area contributed by atoms with Gasteiger partial charge in [0.1, 0.15) is 54.1 Å². The van der Waals surface area contributed by atoms with Gasteiger partial charge in [-0.25, -0.2) is 38.5 Å². The number of amides is 2. The highest BCUT2D eigenvalue weighted by atomic mass is 32.7. The van der Waals surface area contributed by atoms with Gasteiger partial charge in [-0.1, -0.05) is 12.2 Å². The number of carbonyl (C=O) groups is 2. The molecule has 4 fully saturated rings.